The van der Waals surface area contributed by atoms with E-state index in [0.29, 0.717) is 9.46 Å². The third-order valence-electron chi connectivity index (χ3n) is 6.60. The molecule has 50 heavy (non-hydrogen) atoms. The highest BCUT2D eigenvalue weighted by Gasteiger charge is 2.27. The lowest BCUT2D eigenvalue weighted by atomic mass is 10.2. The first-order valence-electron chi connectivity index (χ1n) is 14.9. The maximum atomic E-state index is 12.9. The van der Waals surface area contributed by atoms with Gasteiger partial charge in [0.1, 0.15) is 25.3 Å². The molecule has 18 heteroatoms. The molecule has 0 aliphatic heterocycles. The Bertz CT molecular complexity index is 1550. The van der Waals surface area contributed by atoms with Crippen molar-refractivity contribution in [2.24, 2.45) is 0 Å². The summed E-state index contributed by atoms with van der Waals surface area (Å²) in [7, 11) is 2.54. The van der Waals surface area contributed by atoms with Gasteiger partial charge in [-0.25, -0.2) is 19.2 Å². The number of carbonyl (C=O) groups is 4. The zero-order valence-corrected chi connectivity index (χ0v) is 27.9. The second-order valence-corrected chi connectivity index (χ2v) is 12.9. The van der Waals surface area contributed by atoms with Gasteiger partial charge in [0.05, 0.1) is 0 Å². The fourth-order valence-electron chi connectivity index (χ4n) is 4.06. The Hall–Kier alpha value is -5.62. The number of aromatic nitrogens is 2. The third-order valence-corrected chi connectivity index (χ3v) is 9.07. The molecule has 6 N–H and O–H groups in total. The average Bonchev–Trinajstić information content (AvgIpc) is 3.61. The summed E-state index contributed by atoms with van der Waals surface area (Å²) in [5, 5.41) is 44.3. The SMILES string of the molecule is O=C(N[C@@H](CCSSCC[C@H](NC(=O)OCc1ccccc1)C(=O)On1c(O)ccc1O)C(=O)On1c(O)ccc1O)OCc1ccccc1. The first-order chi connectivity index (χ1) is 24.1. The lowest BCUT2D eigenvalue weighted by Gasteiger charge is -2.18. The molecule has 2 aromatic carbocycles. The lowest BCUT2D eigenvalue weighted by Crippen LogP contribution is -2.45. The summed E-state index contributed by atoms with van der Waals surface area (Å²) in [6.45, 7) is -0.113. The van der Waals surface area contributed by atoms with Crippen molar-refractivity contribution >= 4 is 45.7 Å². The number of hydrogen-bond acceptors (Lipinski definition) is 14. The Morgan fingerprint density at radius 1 is 0.560 bits per heavy atom. The minimum atomic E-state index is -1.25. The predicted molar refractivity (Wildman–Crippen MR) is 180 cm³/mol. The monoisotopic (exact) mass is 730 g/mol. The predicted octanol–water partition coefficient (Wildman–Crippen LogP) is 3.47. The largest absolute Gasteiger partial charge is 0.492 e. The van der Waals surface area contributed by atoms with Gasteiger partial charge in [-0.05, 0) is 24.0 Å². The van der Waals surface area contributed by atoms with E-state index in [9.17, 15) is 39.6 Å². The van der Waals surface area contributed by atoms with E-state index in [-0.39, 0.29) is 37.6 Å². The van der Waals surface area contributed by atoms with Gasteiger partial charge in [0, 0.05) is 35.8 Å². The molecule has 2 aromatic heterocycles. The highest BCUT2D eigenvalue weighted by atomic mass is 33.1. The van der Waals surface area contributed by atoms with Crippen LogP contribution in [0.15, 0.2) is 84.9 Å². The molecule has 4 rings (SSSR count). The van der Waals surface area contributed by atoms with Crippen molar-refractivity contribution in [3.8, 4) is 23.5 Å². The third kappa shape index (κ3) is 11.5. The summed E-state index contributed by atoms with van der Waals surface area (Å²) in [6.07, 6.45) is -1.75. The molecule has 0 fully saturated rings. The van der Waals surface area contributed by atoms with E-state index in [1.54, 1.807) is 48.5 Å². The molecule has 0 saturated carbocycles. The zero-order chi connectivity index (χ0) is 35.9. The number of aromatic hydroxyl groups is 4. The van der Waals surface area contributed by atoms with Crippen LogP contribution >= 0.6 is 21.6 Å². The number of nitrogens with zero attached hydrogens (tertiary/aromatic N) is 2. The minimum absolute atomic E-state index is 0.0292. The van der Waals surface area contributed by atoms with E-state index >= 15 is 0 Å². The minimum Gasteiger partial charge on any atom is -0.492 e. The average molecular weight is 731 g/mol. The number of nitrogens with one attached hydrogen (secondary N) is 2. The number of benzene rings is 2. The highest BCUT2D eigenvalue weighted by Crippen LogP contribution is 2.25. The standard InChI is InChI=1S/C32H34N4O12S2/c37-25-11-12-26(38)35(25)47-29(41)23(33-31(43)45-19-21-7-3-1-4-8-21)15-17-49-50-18-16-24(30(42)48-36-27(39)13-14-28(36)40)34-32(44)46-20-22-9-5-2-6-10-22/h1-14,23-24,37-40H,15-20H2,(H,33,43)(H,34,44)/t23-,24-/m0/s1. The van der Waals surface area contributed by atoms with Crippen molar-refractivity contribution in [1.29, 1.82) is 0 Å². The van der Waals surface area contributed by atoms with Crippen molar-refractivity contribution in [3.63, 3.8) is 0 Å². The van der Waals surface area contributed by atoms with Crippen LogP contribution in [0.3, 0.4) is 0 Å². The molecular formula is C32H34N4O12S2. The maximum Gasteiger partial charge on any atom is 0.408 e. The number of alkyl carbamates (subject to hydrolysis) is 2. The van der Waals surface area contributed by atoms with Gasteiger partial charge in [-0.1, -0.05) is 82.3 Å². The second kappa shape index (κ2) is 18.8. The summed E-state index contributed by atoms with van der Waals surface area (Å²) in [5.74, 6) is -3.63. The summed E-state index contributed by atoms with van der Waals surface area (Å²) in [6, 6.07) is 19.7. The van der Waals surface area contributed by atoms with Gasteiger partial charge in [-0.15, -0.1) is 9.46 Å². The molecule has 0 aliphatic rings. The molecule has 266 valence electrons. The number of ether oxygens (including phenoxy) is 2. The number of amides is 2. The fourth-order valence-corrected chi connectivity index (χ4v) is 6.24. The van der Waals surface area contributed by atoms with Crippen molar-refractivity contribution in [2.75, 3.05) is 11.5 Å². The van der Waals surface area contributed by atoms with Gasteiger partial charge in [0.15, 0.2) is 0 Å². The van der Waals surface area contributed by atoms with Crippen LogP contribution in [0.25, 0.3) is 0 Å². The van der Waals surface area contributed by atoms with Crippen LogP contribution in [0.5, 0.6) is 23.5 Å². The quantitative estimate of drug-likeness (QED) is 0.0677. The Labute approximate surface area is 293 Å². The Morgan fingerprint density at radius 2 is 0.900 bits per heavy atom. The van der Waals surface area contributed by atoms with Crippen molar-refractivity contribution in [2.45, 2.75) is 38.1 Å². The van der Waals surface area contributed by atoms with E-state index < -0.39 is 59.7 Å². The Balaban J connectivity index is 1.30. The summed E-state index contributed by atoms with van der Waals surface area (Å²) in [5.41, 5.74) is 1.44. The molecule has 0 spiro atoms. The first kappa shape index (κ1) is 37.2. The van der Waals surface area contributed by atoms with Gasteiger partial charge in [0.2, 0.25) is 23.5 Å². The lowest BCUT2D eigenvalue weighted by molar-refractivity contribution is -0.148. The Morgan fingerprint density at radius 3 is 1.24 bits per heavy atom. The van der Waals surface area contributed by atoms with Gasteiger partial charge < -0.3 is 50.2 Å². The number of rotatable bonds is 17. The number of hydrogen-bond donors (Lipinski definition) is 6. The summed E-state index contributed by atoms with van der Waals surface area (Å²) >= 11 is 0. The van der Waals surface area contributed by atoms with Crippen LogP contribution in [-0.4, -0.2) is 77.6 Å². The van der Waals surface area contributed by atoms with E-state index in [1.807, 2.05) is 12.1 Å². The molecule has 16 nitrogen and oxygen atoms in total. The van der Waals surface area contributed by atoms with Gasteiger partial charge in [-0.3, -0.25) is 0 Å². The second-order valence-electron chi connectivity index (χ2n) is 10.2. The van der Waals surface area contributed by atoms with Crippen LogP contribution < -0.4 is 20.3 Å². The molecule has 2 heterocycles. The van der Waals surface area contributed by atoms with Gasteiger partial charge >= 0.3 is 24.1 Å². The molecule has 0 radical (unpaired) electrons. The molecule has 2 atom stereocenters. The van der Waals surface area contributed by atoms with Crippen molar-refractivity contribution in [1.82, 2.24) is 20.1 Å². The van der Waals surface area contributed by atoms with Crippen molar-refractivity contribution < 1.29 is 58.8 Å². The molecule has 0 saturated heterocycles. The molecule has 0 aliphatic carbocycles. The normalized spacial score (nSPS) is 11.9. The maximum absolute atomic E-state index is 12.9. The van der Waals surface area contributed by atoms with E-state index in [4.69, 9.17) is 19.1 Å². The highest BCUT2D eigenvalue weighted by molar-refractivity contribution is 8.76. The summed E-state index contributed by atoms with van der Waals surface area (Å²) in [4.78, 5) is 61.1. The van der Waals surface area contributed by atoms with Crippen LogP contribution in [0.4, 0.5) is 9.59 Å². The zero-order valence-electron chi connectivity index (χ0n) is 26.2. The van der Waals surface area contributed by atoms with E-state index in [2.05, 4.69) is 10.6 Å². The molecule has 0 unspecified atom stereocenters. The smallest absolute Gasteiger partial charge is 0.408 e. The molecule has 2 amide bonds. The van der Waals surface area contributed by atoms with Crippen LogP contribution in [0.1, 0.15) is 24.0 Å². The fraction of sp³-hybridized carbons (Fsp3) is 0.250. The summed E-state index contributed by atoms with van der Waals surface area (Å²) < 4.78 is 11.4. The number of carbonyl (C=O) groups excluding carboxylic acids is 4. The molecular weight excluding hydrogens is 697 g/mol. The van der Waals surface area contributed by atoms with E-state index in [0.717, 1.165) is 35.4 Å². The first-order valence-corrected chi connectivity index (χ1v) is 17.4. The van der Waals surface area contributed by atoms with Crippen molar-refractivity contribution in [3.05, 3.63) is 96.1 Å². The molecule has 4 aromatic rings. The van der Waals surface area contributed by atoms with Crippen LogP contribution in [-0.2, 0) is 32.3 Å². The van der Waals surface area contributed by atoms with E-state index in [1.165, 1.54) is 21.6 Å². The Kier molecular flexibility index (Phi) is 14.0. The van der Waals surface area contributed by atoms with Gasteiger partial charge in [0.25, 0.3) is 0 Å². The topological polar surface area (TPSA) is 220 Å². The van der Waals surface area contributed by atoms with Crippen LogP contribution in [0, 0.1) is 0 Å². The van der Waals surface area contributed by atoms with Gasteiger partial charge in [-0.2, -0.15) is 0 Å². The van der Waals surface area contributed by atoms with Crippen LogP contribution in [0.2, 0.25) is 0 Å². The molecule has 0 bridgehead atoms.